The molecule has 1 aromatic carbocycles. The van der Waals surface area contributed by atoms with Crippen LogP contribution in [0.2, 0.25) is 0 Å². The lowest BCUT2D eigenvalue weighted by molar-refractivity contribution is -0.145. The average molecular weight is 384 g/mol. The van der Waals surface area contributed by atoms with Gasteiger partial charge in [-0.1, -0.05) is 15.9 Å². The number of amides is 1. The fraction of sp³-hybridized carbons (Fsp3) is 0.471. The maximum atomic E-state index is 13.7. The van der Waals surface area contributed by atoms with Gasteiger partial charge in [0.25, 0.3) is 0 Å². The van der Waals surface area contributed by atoms with E-state index in [0.29, 0.717) is 25.3 Å². The van der Waals surface area contributed by atoms with Crippen molar-refractivity contribution in [2.45, 2.75) is 31.6 Å². The summed E-state index contributed by atoms with van der Waals surface area (Å²) in [4.78, 5) is 14.3. The Kier molecular flexibility index (Phi) is 5.46. The third-order valence-corrected chi connectivity index (χ3v) is 4.65. The first kappa shape index (κ1) is 16.6. The molecule has 1 aromatic rings. The number of halogens is 2. The van der Waals surface area contributed by atoms with Crippen LogP contribution in [0.5, 0.6) is 0 Å². The fourth-order valence-electron chi connectivity index (χ4n) is 3.01. The van der Waals surface area contributed by atoms with Crippen molar-refractivity contribution in [3.8, 4) is 0 Å². The Bertz CT molecular complexity index is 602. The summed E-state index contributed by atoms with van der Waals surface area (Å²) >= 11 is 3.31. The van der Waals surface area contributed by atoms with Gasteiger partial charge in [0.1, 0.15) is 5.82 Å². The normalized spacial score (nSPS) is 22.9. The van der Waals surface area contributed by atoms with E-state index in [1.165, 1.54) is 18.2 Å². The number of benzene rings is 1. The van der Waals surface area contributed by atoms with Crippen LogP contribution >= 0.6 is 15.9 Å². The van der Waals surface area contributed by atoms with Crippen molar-refractivity contribution >= 4 is 27.9 Å². The first-order valence-corrected chi connectivity index (χ1v) is 8.61. The number of carbonyl (C=O) groups excluding carboxylic acids is 1. The number of ether oxygens (including phenoxy) is 2. The summed E-state index contributed by atoms with van der Waals surface area (Å²) in [5.41, 5.74) is 0.384. The molecule has 1 atom stereocenters. The van der Waals surface area contributed by atoms with Crippen LogP contribution < -0.4 is 0 Å². The van der Waals surface area contributed by atoms with Crippen LogP contribution in [-0.4, -0.2) is 42.9 Å². The highest BCUT2D eigenvalue weighted by atomic mass is 79.9. The molecule has 0 aliphatic carbocycles. The quantitative estimate of drug-likeness (QED) is 0.751. The van der Waals surface area contributed by atoms with Gasteiger partial charge in [0.2, 0.25) is 5.91 Å². The second-order valence-electron chi connectivity index (χ2n) is 5.70. The van der Waals surface area contributed by atoms with Gasteiger partial charge in [-0.2, -0.15) is 0 Å². The van der Waals surface area contributed by atoms with Gasteiger partial charge < -0.3 is 14.4 Å². The zero-order chi connectivity index (χ0) is 16.2. The van der Waals surface area contributed by atoms with Crippen LogP contribution in [-0.2, 0) is 14.3 Å². The molecule has 1 amide bonds. The van der Waals surface area contributed by atoms with Gasteiger partial charge in [-0.25, -0.2) is 4.39 Å². The molecule has 0 radical (unpaired) electrons. The first-order chi connectivity index (χ1) is 11.1. The Balaban J connectivity index is 1.72. The highest BCUT2D eigenvalue weighted by Gasteiger charge is 2.35. The van der Waals surface area contributed by atoms with Crippen molar-refractivity contribution in [3.05, 3.63) is 40.1 Å². The minimum absolute atomic E-state index is 0.0595. The van der Waals surface area contributed by atoms with Gasteiger partial charge in [-0.15, -0.1) is 0 Å². The van der Waals surface area contributed by atoms with Gasteiger partial charge in [-0.05, 0) is 43.5 Å². The van der Waals surface area contributed by atoms with Crippen LogP contribution in [0, 0.1) is 5.82 Å². The summed E-state index contributed by atoms with van der Waals surface area (Å²) in [5.74, 6) is -0.483. The van der Waals surface area contributed by atoms with Gasteiger partial charge in [-0.3, -0.25) is 4.79 Å². The highest BCUT2D eigenvalue weighted by molar-refractivity contribution is 9.10. The summed E-state index contributed by atoms with van der Waals surface area (Å²) in [6.07, 6.45) is 5.50. The Morgan fingerprint density at radius 2 is 2.09 bits per heavy atom. The summed E-state index contributed by atoms with van der Waals surface area (Å²) in [5, 5.41) is 0. The summed E-state index contributed by atoms with van der Waals surface area (Å²) < 4.78 is 25.6. The topological polar surface area (TPSA) is 38.8 Å². The molecule has 2 saturated heterocycles. The van der Waals surface area contributed by atoms with Crippen LogP contribution in [0.25, 0.3) is 6.08 Å². The van der Waals surface area contributed by atoms with E-state index in [1.54, 1.807) is 17.0 Å². The fourth-order valence-corrected chi connectivity index (χ4v) is 3.39. The summed E-state index contributed by atoms with van der Waals surface area (Å²) in [6, 6.07) is 4.59. The van der Waals surface area contributed by atoms with Gasteiger partial charge >= 0.3 is 0 Å². The predicted molar refractivity (Wildman–Crippen MR) is 88.2 cm³/mol. The number of nitrogens with zero attached hydrogens (tertiary/aromatic N) is 1. The molecule has 0 aromatic heterocycles. The minimum atomic E-state index is -0.352. The number of rotatable bonds is 3. The van der Waals surface area contributed by atoms with Gasteiger partial charge in [0.15, 0.2) is 6.29 Å². The molecule has 0 N–H and O–H groups in total. The van der Waals surface area contributed by atoms with Crippen LogP contribution in [0.15, 0.2) is 28.7 Å². The van der Waals surface area contributed by atoms with Gasteiger partial charge in [0, 0.05) is 22.7 Å². The maximum absolute atomic E-state index is 13.7. The van der Waals surface area contributed by atoms with Crippen molar-refractivity contribution in [2.75, 3.05) is 19.8 Å². The molecule has 2 fully saturated rings. The van der Waals surface area contributed by atoms with E-state index < -0.39 is 0 Å². The Morgan fingerprint density at radius 1 is 1.30 bits per heavy atom. The Morgan fingerprint density at radius 3 is 2.87 bits per heavy atom. The second kappa shape index (κ2) is 7.55. The van der Waals surface area contributed by atoms with Crippen molar-refractivity contribution in [1.82, 2.24) is 4.90 Å². The summed E-state index contributed by atoms with van der Waals surface area (Å²) in [7, 11) is 0. The maximum Gasteiger partial charge on any atom is 0.247 e. The average Bonchev–Trinajstić information content (AvgIpc) is 3.10. The molecule has 3 rings (SSSR count). The Hall–Kier alpha value is -1.24. The van der Waals surface area contributed by atoms with Crippen molar-refractivity contribution < 1.29 is 18.7 Å². The van der Waals surface area contributed by atoms with Crippen LogP contribution in [0.4, 0.5) is 4.39 Å². The lowest BCUT2D eigenvalue weighted by Crippen LogP contribution is -2.49. The van der Waals surface area contributed by atoms with Crippen molar-refractivity contribution in [3.63, 3.8) is 0 Å². The van der Waals surface area contributed by atoms with E-state index in [1.807, 2.05) is 0 Å². The molecule has 2 heterocycles. The van der Waals surface area contributed by atoms with E-state index >= 15 is 0 Å². The van der Waals surface area contributed by atoms with E-state index in [2.05, 4.69) is 15.9 Å². The number of hydrogen-bond acceptors (Lipinski definition) is 3. The third kappa shape index (κ3) is 4.00. The molecule has 6 heteroatoms. The molecular formula is C17H19BrFNO3. The number of hydrogen-bond donors (Lipinski definition) is 0. The number of carbonyl (C=O) groups is 1. The number of likely N-dealkylation sites (tertiary alicyclic amines) is 1. The molecule has 4 nitrogen and oxygen atoms in total. The van der Waals surface area contributed by atoms with E-state index in [9.17, 15) is 9.18 Å². The van der Waals surface area contributed by atoms with E-state index in [-0.39, 0.29) is 24.1 Å². The predicted octanol–water partition coefficient (Wildman–Crippen LogP) is 3.36. The lowest BCUT2D eigenvalue weighted by Gasteiger charge is -2.37. The molecule has 124 valence electrons. The molecule has 0 spiro atoms. The molecule has 2 aliphatic heterocycles. The zero-order valence-corrected chi connectivity index (χ0v) is 14.3. The molecule has 0 bridgehead atoms. The second-order valence-corrected chi connectivity index (χ2v) is 6.62. The lowest BCUT2D eigenvalue weighted by atomic mass is 10.0. The molecule has 1 unspecified atom stereocenters. The largest absolute Gasteiger partial charge is 0.348 e. The monoisotopic (exact) mass is 383 g/mol. The number of piperidine rings is 1. The molecular weight excluding hydrogens is 365 g/mol. The first-order valence-electron chi connectivity index (χ1n) is 7.82. The molecule has 2 aliphatic rings. The van der Waals surface area contributed by atoms with Crippen molar-refractivity contribution in [2.24, 2.45) is 0 Å². The van der Waals surface area contributed by atoms with Crippen molar-refractivity contribution in [1.29, 1.82) is 0 Å². The zero-order valence-electron chi connectivity index (χ0n) is 12.7. The molecule has 23 heavy (non-hydrogen) atoms. The van der Waals surface area contributed by atoms with E-state index in [4.69, 9.17) is 9.47 Å². The van der Waals surface area contributed by atoms with Crippen LogP contribution in [0.1, 0.15) is 24.8 Å². The SMILES string of the molecule is O=C(/C=C/c1cc(Br)ccc1F)N1CCCCC1C1OCCO1. The van der Waals surface area contributed by atoms with E-state index in [0.717, 1.165) is 23.7 Å². The van der Waals surface area contributed by atoms with Crippen LogP contribution in [0.3, 0.4) is 0 Å². The highest BCUT2D eigenvalue weighted by Crippen LogP contribution is 2.25. The third-order valence-electron chi connectivity index (χ3n) is 4.16. The smallest absolute Gasteiger partial charge is 0.247 e. The van der Waals surface area contributed by atoms with Gasteiger partial charge in [0.05, 0.1) is 19.3 Å². The Labute approximate surface area is 143 Å². The minimum Gasteiger partial charge on any atom is -0.348 e. The summed E-state index contributed by atoms with van der Waals surface area (Å²) in [6.45, 7) is 1.82. The standard InChI is InChI=1S/C17H19BrFNO3/c18-13-5-6-14(19)12(11-13)4-7-16(21)20-8-2-1-3-15(20)17-22-9-10-23-17/h4-7,11,15,17H,1-3,8-10H2/b7-4+. The molecule has 0 saturated carbocycles.